The topological polar surface area (TPSA) is 99.1 Å². The van der Waals surface area contributed by atoms with Gasteiger partial charge in [0.05, 0.1) is 17.6 Å². The van der Waals surface area contributed by atoms with Crippen molar-refractivity contribution in [3.63, 3.8) is 0 Å². The summed E-state index contributed by atoms with van der Waals surface area (Å²) in [6.45, 7) is 0.625. The number of carbonyl (C=O) groups excluding carboxylic acids is 2. The maximum Gasteiger partial charge on any atom is 0.416 e. The summed E-state index contributed by atoms with van der Waals surface area (Å²) in [7, 11) is 3.07. The molecule has 0 saturated carbocycles. The van der Waals surface area contributed by atoms with Crippen molar-refractivity contribution in [1.29, 1.82) is 0 Å². The van der Waals surface area contributed by atoms with Crippen molar-refractivity contribution in [2.45, 2.75) is 6.54 Å². The molecule has 0 spiro atoms. The highest BCUT2D eigenvalue weighted by molar-refractivity contribution is 6.31. The lowest BCUT2D eigenvalue weighted by Crippen LogP contribution is -2.31. The maximum absolute atomic E-state index is 13.7. The summed E-state index contributed by atoms with van der Waals surface area (Å²) >= 11 is 6.29. The van der Waals surface area contributed by atoms with E-state index in [1.165, 1.54) is 19.0 Å². The van der Waals surface area contributed by atoms with Crippen LogP contribution in [0, 0.1) is 0 Å². The molecule has 1 aliphatic heterocycles. The smallest absolute Gasteiger partial charge is 0.416 e. The van der Waals surface area contributed by atoms with Gasteiger partial charge in [-0.25, -0.2) is 4.79 Å². The molecule has 2 heterocycles. The van der Waals surface area contributed by atoms with Gasteiger partial charge >= 0.3 is 6.09 Å². The van der Waals surface area contributed by atoms with Crippen LogP contribution in [-0.2, 0) is 6.54 Å². The fourth-order valence-electron chi connectivity index (χ4n) is 4.11. The molecule has 0 atom stereocenters. The monoisotopic (exact) mass is 533 g/mol. The highest BCUT2D eigenvalue weighted by Crippen LogP contribution is 2.32. The van der Waals surface area contributed by atoms with Gasteiger partial charge in [-0.2, -0.15) is 0 Å². The van der Waals surface area contributed by atoms with Gasteiger partial charge in [-0.3, -0.25) is 14.2 Å². The third-order valence-electron chi connectivity index (χ3n) is 5.97. The molecule has 9 nitrogen and oxygen atoms in total. The molecule has 38 heavy (non-hydrogen) atoms. The number of benzene rings is 3. The minimum Gasteiger partial charge on any atom is -0.486 e. The lowest BCUT2D eigenvalue weighted by atomic mass is 10.1. The Morgan fingerprint density at radius 1 is 1.00 bits per heavy atom. The van der Waals surface area contributed by atoms with Crippen molar-refractivity contribution < 1.29 is 23.8 Å². The van der Waals surface area contributed by atoms with Crippen LogP contribution in [0.25, 0.3) is 16.6 Å². The minimum atomic E-state index is -0.685. The number of nitrogens with zero attached hydrogens (tertiary/aromatic N) is 2. The number of ether oxygens (including phenoxy) is 3. The molecular formula is C28H24ClN3O6. The molecule has 1 aromatic heterocycles. The van der Waals surface area contributed by atoms with Gasteiger partial charge in [0.15, 0.2) is 16.9 Å². The molecular weight excluding hydrogens is 510 g/mol. The number of para-hydroxylation sites is 1. The third-order valence-corrected chi connectivity index (χ3v) is 6.21. The molecule has 1 N–H and O–H groups in total. The zero-order valence-corrected chi connectivity index (χ0v) is 21.4. The van der Waals surface area contributed by atoms with Crippen LogP contribution in [0.5, 0.6) is 17.4 Å². The summed E-state index contributed by atoms with van der Waals surface area (Å²) in [6, 6.07) is 18.8. The normalized spacial score (nSPS) is 12.2. The maximum atomic E-state index is 13.7. The molecule has 2 amide bonds. The van der Waals surface area contributed by atoms with Crippen LogP contribution in [0.1, 0.15) is 15.9 Å². The number of fused-ring (bicyclic) bond motifs is 2. The molecule has 5 rings (SSSR count). The summed E-state index contributed by atoms with van der Waals surface area (Å²) in [5, 5.41) is 3.54. The molecule has 0 unspecified atom stereocenters. The van der Waals surface area contributed by atoms with E-state index < -0.39 is 17.4 Å². The molecule has 0 fully saturated rings. The van der Waals surface area contributed by atoms with Crippen LogP contribution in [0.2, 0.25) is 5.02 Å². The highest BCUT2D eigenvalue weighted by Gasteiger charge is 2.24. The van der Waals surface area contributed by atoms with Gasteiger partial charge in [-0.15, -0.1) is 0 Å². The standard InChI is InChI=1S/C28H24ClN3O6/c1-31(2)28(35)38-27-21(16-30-26(34)17-8-11-23-24(14-17)37-13-12-36-23)25(33)20-10-9-18(29)15-22(20)32(27)19-6-4-3-5-7-19/h3-11,14-15H,12-13,16H2,1-2H3,(H,30,34). The van der Waals surface area contributed by atoms with Crippen molar-refractivity contribution in [2.75, 3.05) is 27.3 Å². The van der Waals surface area contributed by atoms with Crippen LogP contribution in [0.15, 0.2) is 71.5 Å². The number of amides is 2. The Labute approximate surface area is 223 Å². The quantitative estimate of drug-likeness (QED) is 0.408. The summed E-state index contributed by atoms with van der Waals surface area (Å²) in [6.07, 6.45) is -0.685. The number of halogens is 1. The Hall–Kier alpha value is -4.50. The molecule has 1 aliphatic rings. The van der Waals surface area contributed by atoms with Gasteiger partial charge in [0, 0.05) is 35.8 Å². The average molecular weight is 534 g/mol. The molecule has 0 saturated heterocycles. The van der Waals surface area contributed by atoms with Crippen molar-refractivity contribution >= 4 is 34.5 Å². The van der Waals surface area contributed by atoms with Gasteiger partial charge in [0.2, 0.25) is 5.88 Å². The molecule has 194 valence electrons. The number of carbonyl (C=O) groups is 2. The number of aromatic nitrogens is 1. The molecule has 0 aliphatic carbocycles. The second-order valence-electron chi connectivity index (χ2n) is 8.75. The fourth-order valence-corrected chi connectivity index (χ4v) is 4.28. The van der Waals surface area contributed by atoms with E-state index in [-0.39, 0.29) is 18.0 Å². The van der Waals surface area contributed by atoms with Crippen LogP contribution in [0.4, 0.5) is 4.79 Å². The van der Waals surface area contributed by atoms with Crippen molar-refractivity contribution in [2.24, 2.45) is 0 Å². The van der Waals surface area contributed by atoms with E-state index in [0.717, 1.165) is 0 Å². The van der Waals surface area contributed by atoms with Crippen molar-refractivity contribution in [3.8, 4) is 23.1 Å². The SMILES string of the molecule is CN(C)C(=O)Oc1c(CNC(=O)c2ccc3c(c2)OCCO3)c(=O)c2ccc(Cl)cc2n1-c1ccccc1. The van der Waals surface area contributed by atoms with E-state index in [1.807, 2.05) is 30.3 Å². The van der Waals surface area contributed by atoms with E-state index in [9.17, 15) is 14.4 Å². The summed E-state index contributed by atoms with van der Waals surface area (Å²) in [5.74, 6) is 0.578. The summed E-state index contributed by atoms with van der Waals surface area (Å²) in [5.41, 5.74) is 1.13. The molecule has 4 aromatic rings. The molecule has 0 bridgehead atoms. The summed E-state index contributed by atoms with van der Waals surface area (Å²) < 4.78 is 18.5. The largest absolute Gasteiger partial charge is 0.486 e. The minimum absolute atomic E-state index is 0.0165. The third kappa shape index (κ3) is 4.88. The number of pyridine rings is 1. The van der Waals surface area contributed by atoms with Gasteiger partial charge in [-0.05, 0) is 48.5 Å². The van der Waals surface area contributed by atoms with Crippen LogP contribution in [-0.4, -0.2) is 48.8 Å². The highest BCUT2D eigenvalue weighted by atomic mass is 35.5. The van der Waals surface area contributed by atoms with E-state index in [0.29, 0.717) is 51.9 Å². The first-order valence-electron chi connectivity index (χ1n) is 11.8. The lowest BCUT2D eigenvalue weighted by Gasteiger charge is -2.22. The zero-order valence-electron chi connectivity index (χ0n) is 20.7. The Balaban J connectivity index is 1.62. The van der Waals surface area contributed by atoms with Gasteiger partial charge in [0.1, 0.15) is 13.2 Å². The first-order valence-corrected chi connectivity index (χ1v) is 12.2. The van der Waals surface area contributed by atoms with Gasteiger partial charge in [-0.1, -0.05) is 29.8 Å². The first kappa shape index (κ1) is 25.2. The van der Waals surface area contributed by atoms with Gasteiger partial charge in [0.25, 0.3) is 5.91 Å². The van der Waals surface area contributed by atoms with Crippen molar-refractivity contribution in [3.05, 3.63) is 93.1 Å². The summed E-state index contributed by atoms with van der Waals surface area (Å²) in [4.78, 5) is 40.7. The average Bonchev–Trinajstić information content (AvgIpc) is 2.92. The van der Waals surface area contributed by atoms with E-state index in [1.54, 1.807) is 41.0 Å². The van der Waals surface area contributed by atoms with Gasteiger partial charge < -0.3 is 24.4 Å². The van der Waals surface area contributed by atoms with Crippen molar-refractivity contribution in [1.82, 2.24) is 14.8 Å². The Morgan fingerprint density at radius 3 is 2.47 bits per heavy atom. The lowest BCUT2D eigenvalue weighted by molar-refractivity contribution is 0.0949. The number of rotatable bonds is 5. The Kier molecular flexibility index (Phi) is 6.93. The number of hydrogen-bond acceptors (Lipinski definition) is 6. The molecule has 3 aromatic carbocycles. The van der Waals surface area contributed by atoms with Crippen LogP contribution >= 0.6 is 11.6 Å². The predicted octanol–water partition coefficient (Wildman–Crippen LogP) is 4.41. The molecule has 0 radical (unpaired) electrons. The number of nitrogens with one attached hydrogen (secondary N) is 1. The first-order chi connectivity index (χ1) is 18.3. The van der Waals surface area contributed by atoms with Crippen LogP contribution < -0.4 is 25.0 Å². The molecule has 10 heteroatoms. The fraction of sp³-hybridized carbons (Fsp3) is 0.179. The predicted molar refractivity (Wildman–Crippen MR) is 143 cm³/mol. The zero-order chi connectivity index (χ0) is 26.8. The second kappa shape index (κ2) is 10.5. The Bertz CT molecular complexity index is 1600. The van der Waals surface area contributed by atoms with E-state index in [4.69, 9.17) is 25.8 Å². The number of hydrogen-bond donors (Lipinski definition) is 1. The second-order valence-corrected chi connectivity index (χ2v) is 9.19. The van der Waals surface area contributed by atoms with E-state index >= 15 is 0 Å². The Morgan fingerprint density at radius 2 is 1.74 bits per heavy atom. The van der Waals surface area contributed by atoms with Crippen LogP contribution in [0.3, 0.4) is 0 Å². The van der Waals surface area contributed by atoms with E-state index in [2.05, 4.69) is 5.32 Å².